The predicted molar refractivity (Wildman–Crippen MR) is 119 cm³/mol. The van der Waals surface area contributed by atoms with Crippen LogP contribution in [0.1, 0.15) is 15.9 Å². The Balaban J connectivity index is 1.38. The maximum Gasteiger partial charge on any atom is 0.253 e. The molecular formula is C24H24N4O2. The van der Waals surface area contributed by atoms with Gasteiger partial charge in [0.05, 0.1) is 17.8 Å². The first-order chi connectivity index (χ1) is 14.7. The summed E-state index contributed by atoms with van der Waals surface area (Å²) in [6, 6.07) is 25.2. The average Bonchev–Trinajstić information content (AvgIpc) is 2.79. The lowest BCUT2D eigenvalue weighted by atomic mass is 10.1. The van der Waals surface area contributed by atoms with Gasteiger partial charge < -0.3 is 20.9 Å². The van der Waals surface area contributed by atoms with Crippen molar-refractivity contribution in [2.24, 2.45) is 0 Å². The number of amides is 2. The van der Waals surface area contributed by atoms with Crippen LogP contribution < -0.4 is 20.9 Å². The SMILES string of the molecule is O=C1CN(c2ccc(CNC(=O)c3ccccc3Nc3ccccc3)cc2)CCN1. The van der Waals surface area contributed by atoms with Crippen molar-refractivity contribution in [3.8, 4) is 0 Å². The maximum absolute atomic E-state index is 12.8. The van der Waals surface area contributed by atoms with Crippen LogP contribution in [-0.2, 0) is 11.3 Å². The minimum atomic E-state index is -0.134. The van der Waals surface area contributed by atoms with Gasteiger partial charge in [-0.1, -0.05) is 42.5 Å². The van der Waals surface area contributed by atoms with E-state index in [1.807, 2.05) is 83.8 Å². The zero-order valence-electron chi connectivity index (χ0n) is 16.6. The van der Waals surface area contributed by atoms with Gasteiger partial charge in [0.15, 0.2) is 0 Å². The van der Waals surface area contributed by atoms with Crippen molar-refractivity contribution >= 4 is 28.9 Å². The van der Waals surface area contributed by atoms with Crippen LogP contribution in [0, 0.1) is 0 Å². The van der Waals surface area contributed by atoms with Crippen molar-refractivity contribution in [2.75, 3.05) is 29.9 Å². The second-order valence-corrected chi connectivity index (χ2v) is 7.16. The molecule has 152 valence electrons. The highest BCUT2D eigenvalue weighted by Crippen LogP contribution is 2.21. The number of para-hydroxylation sites is 2. The first-order valence-corrected chi connectivity index (χ1v) is 9.99. The molecule has 1 saturated heterocycles. The molecule has 1 heterocycles. The quantitative estimate of drug-likeness (QED) is 0.594. The summed E-state index contributed by atoms with van der Waals surface area (Å²) in [7, 11) is 0. The average molecular weight is 400 g/mol. The summed E-state index contributed by atoms with van der Waals surface area (Å²) < 4.78 is 0. The van der Waals surface area contributed by atoms with Crippen LogP contribution in [0.25, 0.3) is 0 Å². The zero-order chi connectivity index (χ0) is 20.8. The third-order valence-electron chi connectivity index (χ3n) is 5.02. The molecule has 1 aliphatic heterocycles. The summed E-state index contributed by atoms with van der Waals surface area (Å²) in [5, 5.41) is 9.12. The highest BCUT2D eigenvalue weighted by atomic mass is 16.2. The number of nitrogens with zero attached hydrogens (tertiary/aromatic N) is 1. The van der Waals surface area contributed by atoms with Crippen molar-refractivity contribution in [1.82, 2.24) is 10.6 Å². The Kier molecular flexibility index (Phi) is 5.94. The Morgan fingerprint density at radius 3 is 2.43 bits per heavy atom. The van der Waals surface area contributed by atoms with Gasteiger partial charge in [0.25, 0.3) is 5.91 Å². The minimum absolute atomic E-state index is 0.0420. The van der Waals surface area contributed by atoms with E-state index in [1.54, 1.807) is 0 Å². The van der Waals surface area contributed by atoms with E-state index in [4.69, 9.17) is 0 Å². The van der Waals surface area contributed by atoms with Gasteiger partial charge in [-0.05, 0) is 42.0 Å². The van der Waals surface area contributed by atoms with E-state index in [-0.39, 0.29) is 11.8 Å². The Hall–Kier alpha value is -3.80. The summed E-state index contributed by atoms with van der Waals surface area (Å²) in [4.78, 5) is 26.4. The number of hydrogen-bond donors (Lipinski definition) is 3. The molecule has 0 spiro atoms. The van der Waals surface area contributed by atoms with Gasteiger partial charge >= 0.3 is 0 Å². The summed E-state index contributed by atoms with van der Waals surface area (Å²) in [6.07, 6.45) is 0. The molecule has 2 amide bonds. The lowest BCUT2D eigenvalue weighted by Crippen LogP contribution is -2.47. The van der Waals surface area contributed by atoms with Gasteiger partial charge in [-0.2, -0.15) is 0 Å². The molecule has 0 aliphatic carbocycles. The Labute approximate surface area is 175 Å². The molecule has 1 aliphatic rings. The van der Waals surface area contributed by atoms with Crippen molar-refractivity contribution < 1.29 is 9.59 Å². The fraction of sp³-hybridized carbons (Fsp3) is 0.167. The van der Waals surface area contributed by atoms with E-state index in [2.05, 4.69) is 16.0 Å². The second-order valence-electron chi connectivity index (χ2n) is 7.16. The van der Waals surface area contributed by atoms with Gasteiger partial charge in [-0.3, -0.25) is 9.59 Å². The molecule has 4 rings (SSSR count). The van der Waals surface area contributed by atoms with Crippen molar-refractivity contribution in [3.63, 3.8) is 0 Å². The molecule has 0 saturated carbocycles. The van der Waals surface area contributed by atoms with Crippen LogP contribution in [0.5, 0.6) is 0 Å². The molecule has 0 radical (unpaired) electrons. The number of benzene rings is 3. The molecule has 1 fully saturated rings. The third kappa shape index (κ3) is 4.78. The molecule has 6 nitrogen and oxygen atoms in total. The highest BCUT2D eigenvalue weighted by Gasteiger charge is 2.16. The second kappa shape index (κ2) is 9.13. The topological polar surface area (TPSA) is 73.5 Å². The largest absolute Gasteiger partial charge is 0.360 e. The number of carbonyl (C=O) groups is 2. The Morgan fingerprint density at radius 1 is 0.933 bits per heavy atom. The standard InChI is InChI=1S/C24H24N4O2/c29-23-17-28(15-14-25-23)20-12-10-18(11-13-20)16-26-24(30)21-8-4-5-9-22(21)27-19-6-2-1-3-7-19/h1-13,27H,14-17H2,(H,25,29)(H,26,30). The van der Waals surface area contributed by atoms with Crippen molar-refractivity contribution in [2.45, 2.75) is 6.54 Å². The van der Waals surface area contributed by atoms with E-state index in [0.29, 0.717) is 25.2 Å². The van der Waals surface area contributed by atoms with E-state index < -0.39 is 0 Å². The maximum atomic E-state index is 12.8. The van der Waals surface area contributed by atoms with E-state index >= 15 is 0 Å². The number of nitrogens with one attached hydrogen (secondary N) is 3. The fourth-order valence-electron chi connectivity index (χ4n) is 3.43. The molecule has 30 heavy (non-hydrogen) atoms. The van der Waals surface area contributed by atoms with Crippen LogP contribution >= 0.6 is 0 Å². The summed E-state index contributed by atoms with van der Waals surface area (Å²) >= 11 is 0. The monoisotopic (exact) mass is 400 g/mol. The van der Waals surface area contributed by atoms with Gasteiger partial charge in [0.1, 0.15) is 0 Å². The predicted octanol–water partition coefficient (Wildman–Crippen LogP) is 3.30. The molecule has 6 heteroatoms. The van der Waals surface area contributed by atoms with E-state index in [0.717, 1.165) is 29.2 Å². The van der Waals surface area contributed by atoms with E-state index in [9.17, 15) is 9.59 Å². The fourth-order valence-corrected chi connectivity index (χ4v) is 3.43. The molecular weight excluding hydrogens is 376 g/mol. The van der Waals surface area contributed by atoms with Gasteiger partial charge in [0, 0.05) is 31.0 Å². The number of rotatable bonds is 6. The number of hydrogen-bond acceptors (Lipinski definition) is 4. The molecule has 0 atom stereocenters. The lowest BCUT2D eigenvalue weighted by Gasteiger charge is -2.28. The smallest absolute Gasteiger partial charge is 0.253 e. The number of piperazine rings is 1. The summed E-state index contributed by atoms with van der Waals surface area (Å²) in [5.41, 5.74) is 4.30. The van der Waals surface area contributed by atoms with Gasteiger partial charge in [-0.25, -0.2) is 0 Å². The van der Waals surface area contributed by atoms with Gasteiger partial charge in [0.2, 0.25) is 5.91 Å². The van der Waals surface area contributed by atoms with Crippen molar-refractivity contribution in [1.29, 1.82) is 0 Å². The molecule has 3 aromatic rings. The molecule has 0 bridgehead atoms. The molecule has 3 aromatic carbocycles. The highest BCUT2D eigenvalue weighted by molar-refractivity contribution is 6.00. The Bertz CT molecular complexity index is 1020. The van der Waals surface area contributed by atoms with Gasteiger partial charge in [-0.15, -0.1) is 0 Å². The number of carbonyl (C=O) groups excluding carboxylic acids is 2. The summed E-state index contributed by atoms with van der Waals surface area (Å²) in [6.45, 7) is 2.26. The molecule has 0 aromatic heterocycles. The minimum Gasteiger partial charge on any atom is -0.360 e. The van der Waals surface area contributed by atoms with E-state index in [1.165, 1.54) is 0 Å². The van der Waals surface area contributed by atoms with Crippen LogP contribution in [0.4, 0.5) is 17.1 Å². The summed E-state index contributed by atoms with van der Waals surface area (Å²) in [5.74, 6) is -0.0915. The van der Waals surface area contributed by atoms with Crippen LogP contribution in [0.15, 0.2) is 78.9 Å². The van der Waals surface area contributed by atoms with Crippen LogP contribution in [0.2, 0.25) is 0 Å². The van der Waals surface area contributed by atoms with Crippen LogP contribution in [-0.4, -0.2) is 31.4 Å². The zero-order valence-corrected chi connectivity index (χ0v) is 16.6. The first-order valence-electron chi connectivity index (χ1n) is 9.99. The Morgan fingerprint density at radius 2 is 1.67 bits per heavy atom. The van der Waals surface area contributed by atoms with Crippen molar-refractivity contribution in [3.05, 3.63) is 90.0 Å². The molecule has 3 N–H and O–H groups in total. The molecule has 0 unspecified atom stereocenters. The number of anilines is 3. The normalized spacial score (nSPS) is 13.5. The van der Waals surface area contributed by atoms with Crippen LogP contribution in [0.3, 0.4) is 0 Å². The third-order valence-corrected chi connectivity index (χ3v) is 5.02. The lowest BCUT2D eigenvalue weighted by molar-refractivity contribution is -0.120. The first kappa shape index (κ1) is 19.5.